The van der Waals surface area contributed by atoms with Gasteiger partial charge in [0.25, 0.3) is 5.03 Å². The lowest BCUT2D eigenvalue weighted by atomic mass is 10.4. The third kappa shape index (κ3) is 1.80. The zero-order valence-corrected chi connectivity index (χ0v) is 7.97. The molecule has 1 unspecified atom stereocenters. The molecule has 0 aliphatic heterocycles. The van der Waals surface area contributed by atoms with E-state index < -0.39 is 11.2 Å². The summed E-state index contributed by atoms with van der Waals surface area (Å²) >= 11 is -1.06. The monoisotopic (exact) mass is 188 g/mol. The van der Waals surface area contributed by atoms with Crippen LogP contribution in [0.3, 0.4) is 0 Å². The fraction of sp³-hybridized carbons (Fsp3) is 0.571. The van der Waals surface area contributed by atoms with Crippen molar-refractivity contribution in [1.82, 2.24) is 9.78 Å². The van der Waals surface area contributed by atoms with Gasteiger partial charge in [0.05, 0.1) is 12.3 Å². The molecule has 0 aliphatic rings. The predicted molar refractivity (Wildman–Crippen MR) is 46.2 cm³/mol. The normalized spacial score (nSPS) is 13.3. The average molecular weight is 188 g/mol. The van der Waals surface area contributed by atoms with Crippen LogP contribution in [-0.4, -0.2) is 25.7 Å². The van der Waals surface area contributed by atoms with Crippen LogP contribution < -0.4 is 0 Å². The zero-order chi connectivity index (χ0) is 9.14. The van der Waals surface area contributed by atoms with E-state index >= 15 is 0 Å². The Balaban J connectivity index is 2.97. The smallest absolute Gasteiger partial charge is 0.263 e. The van der Waals surface area contributed by atoms with E-state index in [-0.39, 0.29) is 6.61 Å². The number of aliphatic hydroxyl groups is 1. The van der Waals surface area contributed by atoms with Crippen molar-refractivity contribution in [3.8, 4) is 0 Å². The van der Waals surface area contributed by atoms with Gasteiger partial charge < -0.3 is 9.66 Å². The third-order valence-corrected chi connectivity index (χ3v) is 2.39. The van der Waals surface area contributed by atoms with Crippen LogP contribution in [0.25, 0.3) is 0 Å². The van der Waals surface area contributed by atoms with Gasteiger partial charge in [-0.3, -0.25) is 4.68 Å². The highest BCUT2D eigenvalue weighted by molar-refractivity contribution is 7.90. The summed E-state index contributed by atoms with van der Waals surface area (Å²) in [5.74, 6) is 0. The second-order valence-corrected chi connectivity index (χ2v) is 3.73. The minimum absolute atomic E-state index is 0.0575. The van der Waals surface area contributed by atoms with Crippen molar-refractivity contribution in [2.24, 2.45) is 0 Å². The molecule has 1 heterocycles. The largest absolute Gasteiger partial charge is 0.610 e. The van der Waals surface area contributed by atoms with E-state index in [1.807, 2.05) is 6.92 Å². The highest BCUT2D eigenvalue weighted by Gasteiger charge is 2.12. The Hall–Kier alpha value is -0.520. The van der Waals surface area contributed by atoms with Gasteiger partial charge in [-0.05, 0) is 6.92 Å². The van der Waals surface area contributed by atoms with Crippen molar-refractivity contribution in [1.29, 1.82) is 0 Å². The maximum Gasteiger partial charge on any atom is 0.263 e. The molecule has 0 aliphatic carbocycles. The van der Waals surface area contributed by atoms with Gasteiger partial charge in [-0.1, -0.05) is 0 Å². The van der Waals surface area contributed by atoms with Crippen molar-refractivity contribution in [3.05, 3.63) is 11.8 Å². The molecular weight excluding hydrogens is 176 g/mol. The molecule has 0 aromatic carbocycles. The number of hydrogen-bond acceptors (Lipinski definition) is 3. The van der Waals surface area contributed by atoms with Crippen molar-refractivity contribution >= 4 is 11.2 Å². The Morgan fingerprint density at radius 3 is 2.75 bits per heavy atom. The van der Waals surface area contributed by atoms with Gasteiger partial charge in [-0.15, -0.1) is 5.10 Å². The molecule has 0 saturated carbocycles. The minimum atomic E-state index is -1.06. The molecule has 1 atom stereocenters. The van der Waals surface area contributed by atoms with Crippen LogP contribution in [0.1, 0.15) is 12.6 Å². The summed E-state index contributed by atoms with van der Waals surface area (Å²) in [6.45, 7) is 2.56. The molecule has 1 aromatic heterocycles. The third-order valence-electron chi connectivity index (χ3n) is 1.60. The number of nitrogens with zero attached hydrogens (tertiary/aromatic N) is 2. The van der Waals surface area contributed by atoms with Crippen LogP contribution in [-0.2, 0) is 24.3 Å². The van der Waals surface area contributed by atoms with Crippen molar-refractivity contribution in [2.75, 3.05) is 6.26 Å². The molecule has 1 aromatic rings. The number of aryl methyl sites for hydroxylation is 1. The molecule has 1 N–H and O–H groups in total. The first kappa shape index (κ1) is 9.57. The highest BCUT2D eigenvalue weighted by atomic mass is 32.2. The van der Waals surface area contributed by atoms with E-state index in [2.05, 4.69) is 5.10 Å². The first-order valence-corrected chi connectivity index (χ1v) is 5.25. The van der Waals surface area contributed by atoms with Crippen LogP contribution in [0, 0.1) is 0 Å². The van der Waals surface area contributed by atoms with Crippen molar-refractivity contribution in [2.45, 2.75) is 25.1 Å². The lowest BCUT2D eigenvalue weighted by Gasteiger charge is -1.98. The van der Waals surface area contributed by atoms with E-state index in [1.165, 1.54) is 0 Å². The molecule has 68 valence electrons. The number of aromatic nitrogens is 2. The Kier molecular flexibility index (Phi) is 3.13. The number of aliphatic hydroxyl groups excluding tert-OH is 1. The molecule has 0 radical (unpaired) electrons. The van der Waals surface area contributed by atoms with E-state index in [0.29, 0.717) is 17.3 Å². The number of rotatable bonds is 3. The van der Waals surface area contributed by atoms with Crippen LogP contribution >= 0.6 is 0 Å². The van der Waals surface area contributed by atoms with Crippen LogP contribution in [0.15, 0.2) is 11.1 Å². The fourth-order valence-corrected chi connectivity index (χ4v) is 1.49. The van der Waals surface area contributed by atoms with Gasteiger partial charge in [-0.2, -0.15) is 0 Å². The van der Waals surface area contributed by atoms with E-state index in [1.54, 1.807) is 17.0 Å². The molecular formula is C7H12N2O2S. The maximum absolute atomic E-state index is 11.0. The van der Waals surface area contributed by atoms with Gasteiger partial charge >= 0.3 is 0 Å². The lowest BCUT2D eigenvalue weighted by Crippen LogP contribution is -2.03. The summed E-state index contributed by atoms with van der Waals surface area (Å²) in [5.41, 5.74) is 0.711. The predicted octanol–water partition coefficient (Wildman–Crippen LogP) is 0.133. The maximum atomic E-state index is 11.0. The highest BCUT2D eigenvalue weighted by Crippen LogP contribution is 2.09. The van der Waals surface area contributed by atoms with E-state index in [9.17, 15) is 4.55 Å². The molecule has 12 heavy (non-hydrogen) atoms. The average Bonchev–Trinajstić information content (AvgIpc) is 2.46. The molecule has 0 bridgehead atoms. The topological polar surface area (TPSA) is 61.1 Å². The summed E-state index contributed by atoms with van der Waals surface area (Å²) in [6, 6.07) is 1.67. The Morgan fingerprint density at radius 1 is 1.75 bits per heavy atom. The standard InChI is InChI=1S/C7H12N2O2S/c1-3-9-6(5-10)4-7(8-9)12(2)11/h4,10H,3,5H2,1-2H3. The second kappa shape index (κ2) is 3.93. The van der Waals surface area contributed by atoms with Gasteiger partial charge in [0.1, 0.15) is 6.26 Å². The first-order valence-electron chi connectivity index (χ1n) is 3.70. The zero-order valence-electron chi connectivity index (χ0n) is 7.15. The second-order valence-electron chi connectivity index (χ2n) is 2.40. The fourth-order valence-electron chi connectivity index (χ4n) is 0.971. The Morgan fingerprint density at radius 2 is 2.42 bits per heavy atom. The number of hydrogen-bond donors (Lipinski definition) is 1. The first-order chi connectivity index (χ1) is 5.69. The summed E-state index contributed by atoms with van der Waals surface area (Å²) in [6.07, 6.45) is 1.57. The summed E-state index contributed by atoms with van der Waals surface area (Å²) in [4.78, 5) is 0. The van der Waals surface area contributed by atoms with E-state index in [4.69, 9.17) is 5.11 Å². The van der Waals surface area contributed by atoms with E-state index in [0.717, 1.165) is 0 Å². The quantitative estimate of drug-likeness (QED) is 0.686. The van der Waals surface area contributed by atoms with Gasteiger partial charge in [0, 0.05) is 23.8 Å². The molecule has 5 heteroatoms. The lowest BCUT2D eigenvalue weighted by molar-refractivity contribution is 0.268. The molecule has 0 spiro atoms. The summed E-state index contributed by atoms with van der Waals surface area (Å²) in [5, 5.41) is 13.5. The SMILES string of the molecule is CCn1nc([S+](C)[O-])cc1CO. The van der Waals surface area contributed by atoms with Gasteiger partial charge in [0.2, 0.25) is 0 Å². The van der Waals surface area contributed by atoms with Crippen LogP contribution in [0.2, 0.25) is 0 Å². The molecule has 0 fully saturated rings. The Bertz CT molecular complexity index is 238. The van der Waals surface area contributed by atoms with Gasteiger partial charge in [0.15, 0.2) is 0 Å². The van der Waals surface area contributed by atoms with Crippen LogP contribution in [0.5, 0.6) is 0 Å². The molecule has 1 rings (SSSR count). The summed E-state index contributed by atoms with van der Waals surface area (Å²) in [7, 11) is 0. The van der Waals surface area contributed by atoms with Crippen molar-refractivity contribution in [3.63, 3.8) is 0 Å². The minimum Gasteiger partial charge on any atom is -0.610 e. The van der Waals surface area contributed by atoms with Gasteiger partial charge in [-0.25, -0.2) is 0 Å². The molecule has 4 nitrogen and oxygen atoms in total. The summed E-state index contributed by atoms with van der Waals surface area (Å²) < 4.78 is 12.6. The molecule has 0 amide bonds. The van der Waals surface area contributed by atoms with Crippen LogP contribution in [0.4, 0.5) is 0 Å². The molecule has 0 saturated heterocycles. The Labute approximate surface area is 74.4 Å². The van der Waals surface area contributed by atoms with Crippen molar-refractivity contribution < 1.29 is 9.66 Å².